The van der Waals surface area contributed by atoms with Crippen molar-refractivity contribution in [3.8, 4) is 0 Å². The molecule has 0 aliphatic carbocycles. The number of benzene rings is 2. The third-order valence-electron chi connectivity index (χ3n) is 4.07. The van der Waals surface area contributed by atoms with Gasteiger partial charge in [-0.05, 0) is 50.1 Å². The lowest BCUT2D eigenvalue weighted by molar-refractivity contribution is 0.0361. The van der Waals surface area contributed by atoms with Gasteiger partial charge in [0, 0.05) is 17.5 Å². The summed E-state index contributed by atoms with van der Waals surface area (Å²) in [5, 5.41) is 0.478. The average Bonchev–Trinajstić information content (AvgIpc) is 3.01. The predicted molar refractivity (Wildman–Crippen MR) is 102 cm³/mol. The quantitative estimate of drug-likeness (QED) is 0.660. The number of carbonyl (C=O) groups is 1. The lowest BCUT2D eigenvalue weighted by atomic mass is 9.99. The summed E-state index contributed by atoms with van der Waals surface area (Å²) in [5.74, 6) is -0.560. The maximum absolute atomic E-state index is 13.7. The summed E-state index contributed by atoms with van der Waals surface area (Å²) in [7, 11) is 0. The van der Waals surface area contributed by atoms with Crippen LogP contribution in [0.5, 0.6) is 0 Å². The molecule has 3 nitrogen and oxygen atoms in total. The largest absolute Gasteiger partial charge is 0.443 e. The normalized spacial score (nSPS) is 17.2. The van der Waals surface area contributed by atoms with Crippen LogP contribution in [0.2, 0.25) is 5.02 Å². The molecule has 2 aromatic carbocycles. The number of hydrogen-bond donors (Lipinski definition) is 0. The zero-order chi connectivity index (χ0) is 18.9. The number of halogens is 2. The first-order valence-electron chi connectivity index (χ1n) is 8.47. The number of rotatable bonds is 2. The minimum atomic E-state index is -0.604. The van der Waals surface area contributed by atoms with E-state index < -0.39 is 11.7 Å². The Kier molecular flexibility index (Phi) is 5.05. The number of ether oxygens (including phenoxy) is 1. The van der Waals surface area contributed by atoms with E-state index in [1.165, 1.54) is 12.1 Å². The van der Waals surface area contributed by atoms with Crippen LogP contribution in [0.15, 0.2) is 54.6 Å². The average molecular weight is 374 g/mol. The fourth-order valence-corrected chi connectivity index (χ4v) is 3.22. The van der Waals surface area contributed by atoms with Crippen LogP contribution in [0.4, 0.5) is 9.18 Å². The van der Waals surface area contributed by atoms with Crippen molar-refractivity contribution in [2.75, 3.05) is 6.54 Å². The molecule has 1 heterocycles. The van der Waals surface area contributed by atoms with Gasteiger partial charge in [0.25, 0.3) is 0 Å². The second-order valence-corrected chi connectivity index (χ2v) is 7.69. The predicted octanol–water partition coefficient (Wildman–Crippen LogP) is 5.85. The fraction of sp³-hybridized carbons (Fsp3) is 0.286. The van der Waals surface area contributed by atoms with Crippen molar-refractivity contribution in [2.24, 2.45) is 0 Å². The summed E-state index contributed by atoms with van der Waals surface area (Å²) >= 11 is 6.27. The van der Waals surface area contributed by atoms with Crippen molar-refractivity contribution in [1.29, 1.82) is 0 Å². The van der Waals surface area contributed by atoms with Gasteiger partial charge in [-0.1, -0.05) is 48.0 Å². The second kappa shape index (κ2) is 7.12. The van der Waals surface area contributed by atoms with E-state index >= 15 is 0 Å². The molecule has 0 aromatic heterocycles. The Morgan fingerprint density at radius 3 is 2.54 bits per heavy atom. The standard InChI is InChI=1S/C21H21ClFNO2/c1-21(2,3)26-20(25)24-13-15(17-12-16(23)9-10-18(17)22)11-19(24)14-7-5-4-6-8-14/h4-12,15H,13H2,1-3H3. The van der Waals surface area contributed by atoms with Gasteiger partial charge >= 0.3 is 6.09 Å². The van der Waals surface area contributed by atoms with Crippen molar-refractivity contribution in [2.45, 2.75) is 32.3 Å². The molecule has 136 valence electrons. The highest BCUT2D eigenvalue weighted by Crippen LogP contribution is 2.38. The first kappa shape index (κ1) is 18.5. The van der Waals surface area contributed by atoms with E-state index in [0.29, 0.717) is 17.1 Å². The molecule has 1 aliphatic rings. The van der Waals surface area contributed by atoms with Crippen LogP contribution in [0.3, 0.4) is 0 Å². The van der Waals surface area contributed by atoms with E-state index in [2.05, 4.69) is 0 Å². The van der Waals surface area contributed by atoms with Crippen LogP contribution < -0.4 is 0 Å². The lowest BCUT2D eigenvalue weighted by Crippen LogP contribution is -2.35. The number of amides is 1. The maximum atomic E-state index is 13.7. The molecule has 0 N–H and O–H groups in total. The molecular weight excluding hydrogens is 353 g/mol. The second-order valence-electron chi connectivity index (χ2n) is 7.28. The van der Waals surface area contributed by atoms with Gasteiger partial charge in [0.15, 0.2) is 0 Å². The van der Waals surface area contributed by atoms with Crippen LogP contribution in [-0.4, -0.2) is 23.1 Å². The molecule has 2 aromatic rings. The minimum Gasteiger partial charge on any atom is -0.443 e. The number of nitrogens with zero attached hydrogens (tertiary/aromatic N) is 1. The molecule has 1 unspecified atom stereocenters. The zero-order valence-corrected chi connectivity index (χ0v) is 15.8. The Balaban J connectivity index is 1.99. The number of hydrogen-bond acceptors (Lipinski definition) is 2. The van der Waals surface area contributed by atoms with Crippen LogP contribution in [0, 0.1) is 5.82 Å². The lowest BCUT2D eigenvalue weighted by Gasteiger charge is -2.27. The summed E-state index contributed by atoms with van der Waals surface area (Å²) in [6, 6.07) is 13.9. The monoisotopic (exact) mass is 373 g/mol. The van der Waals surface area contributed by atoms with Gasteiger partial charge in [-0.2, -0.15) is 0 Å². The van der Waals surface area contributed by atoms with Crippen molar-refractivity contribution in [3.05, 3.63) is 76.6 Å². The summed E-state index contributed by atoms with van der Waals surface area (Å²) in [6.07, 6.45) is 1.52. The van der Waals surface area contributed by atoms with Gasteiger partial charge in [0.05, 0.1) is 5.70 Å². The molecule has 0 saturated carbocycles. The summed E-state index contributed by atoms with van der Waals surface area (Å²) in [4.78, 5) is 14.3. The third kappa shape index (κ3) is 4.07. The van der Waals surface area contributed by atoms with Crippen molar-refractivity contribution in [3.63, 3.8) is 0 Å². The van der Waals surface area contributed by atoms with E-state index in [1.54, 1.807) is 11.0 Å². The highest BCUT2D eigenvalue weighted by atomic mass is 35.5. The Bertz CT molecular complexity index is 843. The molecule has 0 spiro atoms. The van der Waals surface area contributed by atoms with Crippen molar-refractivity contribution in [1.82, 2.24) is 4.90 Å². The molecule has 1 amide bonds. The van der Waals surface area contributed by atoms with Gasteiger partial charge in [-0.3, -0.25) is 4.90 Å². The third-order valence-corrected chi connectivity index (χ3v) is 4.41. The fourth-order valence-electron chi connectivity index (χ4n) is 2.97. The van der Waals surface area contributed by atoms with Crippen LogP contribution in [0.25, 0.3) is 5.70 Å². The van der Waals surface area contributed by atoms with Crippen molar-refractivity contribution >= 4 is 23.4 Å². The highest BCUT2D eigenvalue weighted by Gasteiger charge is 2.33. The zero-order valence-electron chi connectivity index (χ0n) is 15.0. The molecule has 0 radical (unpaired) electrons. The van der Waals surface area contributed by atoms with E-state index in [9.17, 15) is 9.18 Å². The maximum Gasteiger partial charge on any atom is 0.414 e. The molecule has 26 heavy (non-hydrogen) atoms. The Morgan fingerprint density at radius 1 is 1.19 bits per heavy atom. The molecule has 3 rings (SSSR count). The van der Waals surface area contributed by atoms with Crippen LogP contribution in [0.1, 0.15) is 37.8 Å². The van der Waals surface area contributed by atoms with Gasteiger partial charge < -0.3 is 4.74 Å². The molecule has 0 saturated heterocycles. The molecule has 5 heteroatoms. The summed E-state index contributed by atoms with van der Waals surface area (Å²) in [6.45, 7) is 5.83. The molecule has 1 atom stereocenters. The molecule has 1 aliphatic heterocycles. The van der Waals surface area contributed by atoms with Gasteiger partial charge in [-0.15, -0.1) is 0 Å². The topological polar surface area (TPSA) is 29.5 Å². The minimum absolute atomic E-state index is 0.207. The SMILES string of the molecule is CC(C)(C)OC(=O)N1CC(c2cc(F)ccc2Cl)C=C1c1ccccc1. The van der Waals surface area contributed by atoms with E-state index in [4.69, 9.17) is 16.3 Å². The molecule has 0 fully saturated rings. The molecular formula is C21H21ClFNO2. The summed E-state index contributed by atoms with van der Waals surface area (Å²) < 4.78 is 19.3. The Hall–Kier alpha value is -2.33. The highest BCUT2D eigenvalue weighted by molar-refractivity contribution is 6.31. The van der Waals surface area contributed by atoms with Crippen molar-refractivity contribution < 1.29 is 13.9 Å². The Labute approximate surface area is 158 Å². The summed E-state index contributed by atoms with van der Waals surface area (Å²) in [5.41, 5.74) is 1.69. The van der Waals surface area contributed by atoms with Crippen LogP contribution >= 0.6 is 11.6 Å². The molecule has 0 bridgehead atoms. The van der Waals surface area contributed by atoms with E-state index in [0.717, 1.165) is 11.3 Å². The smallest absolute Gasteiger partial charge is 0.414 e. The van der Waals surface area contributed by atoms with Crippen LogP contribution in [-0.2, 0) is 4.74 Å². The van der Waals surface area contributed by atoms with Gasteiger partial charge in [0.1, 0.15) is 11.4 Å². The van der Waals surface area contributed by atoms with E-state index in [-0.39, 0.29) is 11.7 Å². The van der Waals surface area contributed by atoms with Gasteiger partial charge in [0.2, 0.25) is 0 Å². The Morgan fingerprint density at radius 2 is 1.88 bits per heavy atom. The first-order chi connectivity index (χ1) is 12.2. The first-order valence-corrected chi connectivity index (χ1v) is 8.85. The van der Waals surface area contributed by atoms with Gasteiger partial charge in [-0.25, -0.2) is 9.18 Å². The van der Waals surface area contributed by atoms with E-state index in [1.807, 2.05) is 57.2 Å². The number of carbonyl (C=O) groups excluding carboxylic acids is 1.